The van der Waals surface area contributed by atoms with Gasteiger partial charge in [0.25, 0.3) is 0 Å². The summed E-state index contributed by atoms with van der Waals surface area (Å²) in [5.41, 5.74) is 4.56. The standard InChI is InChI=1S/C11H13NOSi/c1-14(2,3)7-5-10-4-6-12-8-11(10)9-13/h4,6,8-9H,1-3H3. The van der Waals surface area contributed by atoms with E-state index in [0.717, 1.165) is 11.8 Å². The highest BCUT2D eigenvalue weighted by Crippen LogP contribution is 2.03. The Morgan fingerprint density at radius 2 is 2.14 bits per heavy atom. The summed E-state index contributed by atoms with van der Waals surface area (Å²) in [7, 11) is -1.37. The van der Waals surface area contributed by atoms with E-state index in [-0.39, 0.29) is 0 Å². The van der Waals surface area contributed by atoms with Crippen molar-refractivity contribution in [2.24, 2.45) is 0 Å². The van der Waals surface area contributed by atoms with E-state index in [0.29, 0.717) is 5.56 Å². The molecule has 0 bridgehead atoms. The SMILES string of the molecule is C[Si](C)(C)C#Cc1ccncc1C=O. The van der Waals surface area contributed by atoms with Crippen LogP contribution in [0.25, 0.3) is 0 Å². The van der Waals surface area contributed by atoms with E-state index >= 15 is 0 Å². The van der Waals surface area contributed by atoms with Gasteiger partial charge in [-0.1, -0.05) is 25.6 Å². The average Bonchev–Trinajstić information content (AvgIpc) is 2.14. The molecule has 0 fully saturated rings. The summed E-state index contributed by atoms with van der Waals surface area (Å²) >= 11 is 0. The second-order valence-corrected chi connectivity index (χ2v) is 8.83. The smallest absolute Gasteiger partial charge is 0.152 e. The van der Waals surface area contributed by atoms with E-state index < -0.39 is 8.07 Å². The number of carbonyl (C=O) groups is 1. The number of rotatable bonds is 1. The normalized spacial score (nSPS) is 10.2. The molecule has 0 aliphatic rings. The lowest BCUT2D eigenvalue weighted by molar-refractivity contribution is 0.112. The molecule has 0 saturated carbocycles. The van der Waals surface area contributed by atoms with Gasteiger partial charge in [0.15, 0.2) is 6.29 Å². The Balaban J connectivity index is 3.06. The Bertz CT molecular complexity index is 396. The molecule has 0 unspecified atom stereocenters. The van der Waals surface area contributed by atoms with Gasteiger partial charge in [-0.15, -0.1) is 5.54 Å². The quantitative estimate of drug-likeness (QED) is 0.397. The Hall–Kier alpha value is -1.40. The van der Waals surface area contributed by atoms with E-state index in [1.54, 1.807) is 18.5 Å². The molecule has 1 rings (SSSR count). The van der Waals surface area contributed by atoms with Crippen LogP contribution in [-0.2, 0) is 0 Å². The summed E-state index contributed by atoms with van der Waals surface area (Å²) in [5.74, 6) is 3.04. The van der Waals surface area contributed by atoms with E-state index in [1.165, 1.54) is 0 Å². The van der Waals surface area contributed by atoms with Gasteiger partial charge in [0.1, 0.15) is 8.07 Å². The van der Waals surface area contributed by atoms with Crippen LogP contribution in [0.4, 0.5) is 0 Å². The van der Waals surface area contributed by atoms with Crippen LogP contribution >= 0.6 is 0 Å². The number of hydrogen-bond donors (Lipinski definition) is 0. The molecule has 0 atom stereocenters. The predicted octanol–water partition coefficient (Wildman–Crippen LogP) is 2.12. The van der Waals surface area contributed by atoms with Gasteiger partial charge < -0.3 is 0 Å². The second-order valence-electron chi connectivity index (χ2n) is 4.08. The minimum Gasteiger partial charge on any atom is -0.298 e. The summed E-state index contributed by atoms with van der Waals surface area (Å²) < 4.78 is 0. The molecule has 2 nitrogen and oxygen atoms in total. The highest BCUT2D eigenvalue weighted by Gasteiger charge is 2.07. The van der Waals surface area contributed by atoms with Crippen LogP contribution in [0, 0.1) is 11.5 Å². The van der Waals surface area contributed by atoms with E-state index in [9.17, 15) is 4.79 Å². The zero-order chi connectivity index (χ0) is 10.6. The summed E-state index contributed by atoms with van der Waals surface area (Å²) in [5, 5.41) is 0. The summed E-state index contributed by atoms with van der Waals surface area (Å²) in [4.78, 5) is 14.5. The highest BCUT2D eigenvalue weighted by molar-refractivity contribution is 6.83. The summed E-state index contributed by atoms with van der Waals surface area (Å²) in [6.45, 7) is 6.51. The number of carbonyl (C=O) groups excluding carboxylic acids is 1. The first-order chi connectivity index (χ1) is 6.53. The van der Waals surface area contributed by atoms with Gasteiger partial charge in [-0.25, -0.2) is 0 Å². The average molecular weight is 203 g/mol. The number of nitrogens with zero attached hydrogens (tertiary/aromatic N) is 1. The third kappa shape index (κ3) is 3.15. The summed E-state index contributed by atoms with van der Waals surface area (Å²) in [6.07, 6.45) is 3.99. The largest absolute Gasteiger partial charge is 0.298 e. The minimum absolute atomic E-state index is 0.568. The first-order valence-electron chi connectivity index (χ1n) is 4.45. The van der Waals surface area contributed by atoms with Crippen LogP contribution in [0.3, 0.4) is 0 Å². The van der Waals surface area contributed by atoms with E-state index in [2.05, 4.69) is 36.1 Å². The van der Waals surface area contributed by atoms with Gasteiger partial charge in [0.05, 0.1) is 0 Å². The van der Waals surface area contributed by atoms with Crippen molar-refractivity contribution in [2.45, 2.75) is 19.6 Å². The molecule has 0 spiro atoms. The number of pyridine rings is 1. The van der Waals surface area contributed by atoms with Crippen molar-refractivity contribution in [1.29, 1.82) is 0 Å². The van der Waals surface area contributed by atoms with Crippen molar-refractivity contribution < 1.29 is 4.79 Å². The van der Waals surface area contributed by atoms with Crippen molar-refractivity contribution in [2.75, 3.05) is 0 Å². The molecule has 0 aliphatic carbocycles. The second kappa shape index (κ2) is 4.21. The lowest BCUT2D eigenvalue weighted by Crippen LogP contribution is -2.16. The Kier molecular flexibility index (Phi) is 3.21. The molecule has 0 N–H and O–H groups in total. The monoisotopic (exact) mass is 203 g/mol. The highest BCUT2D eigenvalue weighted by atomic mass is 28.3. The molecular weight excluding hydrogens is 190 g/mol. The zero-order valence-electron chi connectivity index (χ0n) is 8.66. The van der Waals surface area contributed by atoms with Crippen molar-refractivity contribution in [1.82, 2.24) is 4.98 Å². The van der Waals surface area contributed by atoms with E-state index in [1.807, 2.05) is 0 Å². The molecule has 0 aliphatic heterocycles. The molecule has 1 heterocycles. The molecule has 1 aromatic rings. The van der Waals surface area contributed by atoms with Crippen molar-refractivity contribution in [3.63, 3.8) is 0 Å². The Morgan fingerprint density at radius 3 is 2.71 bits per heavy atom. The number of aromatic nitrogens is 1. The maximum absolute atomic E-state index is 10.7. The molecule has 0 saturated heterocycles. The molecule has 0 amide bonds. The minimum atomic E-state index is -1.37. The Labute approximate surface area is 85.4 Å². The van der Waals surface area contributed by atoms with Gasteiger partial charge in [0.2, 0.25) is 0 Å². The molecule has 0 aromatic carbocycles. The third-order valence-corrected chi connectivity index (χ3v) is 2.43. The van der Waals surface area contributed by atoms with Crippen molar-refractivity contribution in [3.8, 4) is 11.5 Å². The fourth-order valence-electron chi connectivity index (χ4n) is 0.869. The van der Waals surface area contributed by atoms with Gasteiger partial charge in [-0.2, -0.15) is 0 Å². The topological polar surface area (TPSA) is 30.0 Å². The molecule has 3 heteroatoms. The molecule has 0 radical (unpaired) electrons. The lowest BCUT2D eigenvalue weighted by atomic mass is 10.2. The van der Waals surface area contributed by atoms with Crippen LogP contribution in [0.1, 0.15) is 15.9 Å². The molecular formula is C11H13NOSi. The fraction of sp³-hybridized carbons (Fsp3) is 0.273. The van der Waals surface area contributed by atoms with Gasteiger partial charge in [-0.3, -0.25) is 9.78 Å². The lowest BCUT2D eigenvalue weighted by Gasteiger charge is -2.03. The first kappa shape index (κ1) is 10.7. The molecule has 72 valence electrons. The van der Waals surface area contributed by atoms with Crippen LogP contribution in [-0.4, -0.2) is 19.3 Å². The van der Waals surface area contributed by atoms with Gasteiger partial charge in [0, 0.05) is 23.5 Å². The first-order valence-corrected chi connectivity index (χ1v) is 7.95. The van der Waals surface area contributed by atoms with Crippen molar-refractivity contribution >= 4 is 14.4 Å². The van der Waals surface area contributed by atoms with E-state index in [4.69, 9.17) is 0 Å². The van der Waals surface area contributed by atoms with Gasteiger partial charge in [-0.05, 0) is 6.07 Å². The van der Waals surface area contributed by atoms with Crippen LogP contribution in [0.5, 0.6) is 0 Å². The molecule has 14 heavy (non-hydrogen) atoms. The van der Waals surface area contributed by atoms with Gasteiger partial charge >= 0.3 is 0 Å². The van der Waals surface area contributed by atoms with Crippen molar-refractivity contribution in [3.05, 3.63) is 29.6 Å². The third-order valence-electron chi connectivity index (χ3n) is 1.55. The fourth-order valence-corrected chi connectivity index (χ4v) is 1.38. The number of aldehydes is 1. The van der Waals surface area contributed by atoms with Crippen LogP contribution < -0.4 is 0 Å². The predicted molar refractivity (Wildman–Crippen MR) is 59.8 cm³/mol. The summed E-state index contributed by atoms with van der Waals surface area (Å²) in [6, 6.07) is 1.77. The molecule has 1 aromatic heterocycles. The maximum Gasteiger partial charge on any atom is 0.152 e. The zero-order valence-corrected chi connectivity index (χ0v) is 9.66. The Morgan fingerprint density at radius 1 is 1.43 bits per heavy atom. The maximum atomic E-state index is 10.7. The van der Waals surface area contributed by atoms with Crippen LogP contribution in [0.2, 0.25) is 19.6 Å². The number of hydrogen-bond acceptors (Lipinski definition) is 2. The van der Waals surface area contributed by atoms with Crippen LogP contribution in [0.15, 0.2) is 18.5 Å².